The second kappa shape index (κ2) is 7.48. The third kappa shape index (κ3) is 3.83. The smallest absolute Gasteiger partial charge is 0.228 e. The van der Waals surface area contributed by atoms with E-state index >= 15 is 0 Å². The molecule has 0 unspecified atom stereocenters. The van der Waals surface area contributed by atoms with E-state index in [9.17, 15) is 14.0 Å². The van der Waals surface area contributed by atoms with E-state index in [1.54, 1.807) is 30.3 Å². The van der Waals surface area contributed by atoms with Crippen molar-refractivity contribution >= 4 is 22.6 Å². The fraction of sp³-hybridized carbons (Fsp3) is 0.0435. The van der Waals surface area contributed by atoms with E-state index in [4.69, 9.17) is 4.42 Å². The number of anilines is 1. The molecule has 0 atom stereocenters. The standard InChI is InChI=1S/C23H16FNO3/c24-17-8-6-16(7-9-17)22-14-20(26)19-13-18(10-11-21(19)28-22)25-23(27)12-15-4-2-1-3-5-15/h1-11,13-14H,12H2,(H,25,27). The van der Waals surface area contributed by atoms with Crippen molar-refractivity contribution in [3.63, 3.8) is 0 Å². The lowest BCUT2D eigenvalue weighted by Gasteiger charge is -2.07. The summed E-state index contributed by atoms with van der Waals surface area (Å²) in [6.07, 6.45) is 0.247. The summed E-state index contributed by atoms with van der Waals surface area (Å²) >= 11 is 0. The second-order valence-corrected chi connectivity index (χ2v) is 6.40. The average Bonchev–Trinajstić information content (AvgIpc) is 2.69. The molecule has 0 saturated heterocycles. The first kappa shape index (κ1) is 17.7. The minimum absolute atomic E-state index is 0.169. The Morgan fingerprint density at radius 1 is 0.929 bits per heavy atom. The summed E-state index contributed by atoms with van der Waals surface area (Å²) < 4.78 is 18.9. The van der Waals surface area contributed by atoms with Crippen molar-refractivity contribution in [2.45, 2.75) is 6.42 Å². The predicted molar refractivity (Wildman–Crippen MR) is 107 cm³/mol. The van der Waals surface area contributed by atoms with Crippen LogP contribution in [0.15, 0.2) is 88.1 Å². The van der Waals surface area contributed by atoms with Crippen LogP contribution in [0.2, 0.25) is 0 Å². The fourth-order valence-electron chi connectivity index (χ4n) is 2.98. The molecular formula is C23H16FNO3. The number of hydrogen-bond donors (Lipinski definition) is 1. The number of rotatable bonds is 4. The summed E-state index contributed by atoms with van der Waals surface area (Å²) in [4.78, 5) is 24.7. The molecule has 4 rings (SSSR count). The molecule has 1 N–H and O–H groups in total. The molecule has 0 saturated carbocycles. The summed E-state index contributed by atoms with van der Waals surface area (Å²) in [6.45, 7) is 0. The molecule has 1 aromatic heterocycles. The Labute approximate surface area is 160 Å². The van der Waals surface area contributed by atoms with Crippen molar-refractivity contribution < 1.29 is 13.6 Å². The number of halogens is 1. The van der Waals surface area contributed by atoms with E-state index in [1.807, 2.05) is 30.3 Å². The number of benzene rings is 3. The van der Waals surface area contributed by atoms with Gasteiger partial charge in [-0.3, -0.25) is 9.59 Å². The Balaban J connectivity index is 1.60. The largest absolute Gasteiger partial charge is 0.456 e. The normalized spacial score (nSPS) is 10.8. The molecule has 0 fully saturated rings. The molecule has 4 aromatic rings. The molecule has 0 bridgehead atoms. The van der Waals surface area contributed by atoms with Crippen molar-refractivity contribution in [2.24, 2.45) is 0 Å². The van der Waals surface area contributed by atoms with E-state index in [1.165, 1.54) is 18.2 Å². The van der Waals surface area contributed by atoms with Crippen LogP contribution in [0.4, 0.5) is 10.1 Å². The van der Waals surface area contributed by atoms with Gasteiger partial charge in [0.05, 0.1) is 11.8 Å². The Hall–Kier alpha value is -3.73. The Morgan fingerprint density at radius 3 is 2.43 bits per heavy atom. The topological polar surface area (TPSA) is 59.3 Å². The highest BCUT2D eigenvalue weighted by Gasteiger charge is 2.10. The van der Waals surface area contributed by atoms with Crippen LogP contribution in [-0.4, -0.2) is 5.91 Å². The monoisotopic (exact) mass is 373 g/mol. The third-order valence-electron chi connectivity index (χ3n) is 4.35. The molecule has 0 aliphatic carbocycles. The van der Waals surface area contributed by atoms with Crippen molar-refractivity contribution in [3.8, 4) is 11.3 Å². The highest BCUT2D eigenvalue weighted by molar-refractivity contribution is 5.94. The molecule has 0 aliphatic heterocycles. The maximum atomic E-state index is 13.1. The first-order valence-electron chi connectivity index (χ1n) is 8.76. The van der Waals surface area contributed by atoms with E-state index in [0.29, 0.717) is 28.0 Å². The van der Waals surface area contributed by atoms with Crippen molar-refractivity contribution in [1.29, 1.82) is 0 Å². The molecule has 4 nitrogen and oxygen atoms in total. The molecule has 0 spiro atoms. The maximum Gasteiger partial charge on any atom is 0.228 e. The zero-order valence-corrected chi connectivity index (χ0v) is 14.8. The predicted octanol–water partition coefficient (Wildman–Crippen LogP) is 4.78. The second-order valence-electron chi connectivity index (χ2n) is 6.40. The maximum absolute atomic E-state index is 13.1. The first-order valence-corrected chi connectivity index (χ1v) is 8.76. The zero-order chi connectivity index (χ0) is 19.5. The van der Waals surface area contributed by atoms with Gasteiger partial charge in [-0.25, -0.2) is 4.39 Å². The molecule has 0 aliphatic rings. The number of amides is 1. The van der Waals surface area contributed by atoms with Gasteiger partial charge in [-0.1, -0.05) is 30.3 Å². The average molecular weight is 373 g/mol. The Kier molecular flexibility index (Phi) is 4.72. The van der Waals surface area contributed by atoms with E-state index < -0.39 is 0 Å². The molecule has 1 heterocycles. The van der Waals surface area contributed by atoms with Gasteiger partial charge in [0.15, 0.2) is 5.43 Å². The van der Waals surface area contributed by atoms with Gasteiger partial charge in [-0.15, -0.1) is 0 Å². The lowest BCUT2D eigenvalue weighted by Crippen LogP contribution is -2.14. The van der Waals surface area contributed by atoms with Gasteiger partial charge in [0.25, 0.3) is 0 Å². The Morgan fingerprint density at radius 2 is 1.68 bits per heavy atom. The van der Waals surface area contributed by atoms with Gasteiger partial charge < -0.3 is 9.73 Å². The SMILES string of the molecule is O=C(Cc1ccccc1)Nc1ccc2oc(-c3ccc(F)cc3)cc(=O)c2c1. The molecule has 28 heavy (non-hydrogen) atoms. The van der Waals surface area contributed by atoms with Crippen LogP contribution in [0, 0.1) is 5.82 Å². The quantitative estimate of drug-likeness (QED) is 0.560. The molecule has 1 amide bonds. The first-order chi connectivity index (χ1) is 13.6. The summed E-state index contributed by atoms with van der Waals surface area (Å²) in [5.74, 6) is -0.168. The molecule has 138 valence electrons. The lowest BCUT2D eigenvalue weighted by atomic mass is 10.1. The van der Waals surface area contributed by atoms with Gasteiger partial charge in [0.2, 0.25) is 5.91 Å². The number of carbonyl (C=O) groups is 1. The third-order valence-corrected chi connectivity index (χ3v) is 4.35. The van der Waals surface area contributed by atoms with Crippen LogP contribution in [0.25, 0.3) is 22.3 Å². The van der Waals surface area contributed by atoms with Crippen LogP contribution >= 0.6 is 0 Å². The molecule has 5 heteroatoms. The van der Waals surface area contributed by atoms with Gasteiger partial charge >= 0.3 is 0 Å². The lowest BCUT2D eigenvalue weighted by molar-refractivity contribution is -0.115. The number of hydrogen-bond acceptors (Lipinski definition) is 3. The summed E-state index contributed by atoms with van der Waals surface area (Å²) in [6, 6.07) is 21.4. The highest BCUT2D eigenvalue weighted by atomic mass is 19.1. The highest BCUT2D eigenvalue weighted by Crippen LogP contribution is 2.24. The van der Waals surface area contributed by atoms with Crippen molar-refractivity contribution in [1.82, 2.24) is 0 Å². The minimum atomic E-state index is -0.359. The van der Waals surface area contributed by atoms with E-state index in [2.05, 4.69) is 5.32 Å². The van der Waals surface area contributed by atoms with Crippen LogP contribution in [0.1, 0.15) is 5.56 Å². The van der Waals surface area contributed by atoms with Gasteiger partial charge in [0, 0.05) is 17.3 Å². The van der Waals surface area contributed by atoms with Crippen LogP contribution in [-0.2, 0) is 11.2 Å². The van der Waals surface area contributed by atoms with E-state index in [-0.39, 0.29) is 23.6 Å². The van der Waals surface area contributed by atoms with Crippen molar-refractivity contribution in [3.05, 3.63) is 100 Å². The fourth-order valence-corrected chi connectivity index (χ4v) is 2.98. The van der Waals surface area contributed by atoms with Gasteiger partial charge in [0.1, 0.15) is 17.2 Å². The van der Waals surface area contributed by atoms with Gasteiger partial charge in [-0.05, 0) is 48.0 Å². The van der Waals surface area contributed by atoms with Gasteiger partial charge in [-0.2, -0.15) is 0 Å². The summed E-state index contributed by atoms with van der Waals surface area (Å²) in [5, 5.41) is 3.17. The van der Waals surface area contributed by atoms with Crippen LogP contribution < -0.4 is 10.7 Å². The number of carbonyl (C=O) groups excluding carboxylic acids is 1. The summed E-state index contributed by atoms with van der Waals surface area (Å²) in [7, 11) is 0. The Bertz CT molecular complexity index is 1200. The van der Waals surface area contributed by atoms with E-state index in [0.717, 1.165) is 5.56 Å². The number of nitrogens with one attached hydrogen (secondary N) is 1. The van der Waals surface area contributed by atoms with Crippen LogP contribution in [0.3, 0.4) is 0 Å². The van der Waals surface area contributed by atoms with Crippen LogP contribution in [0.5, 0.6) is 0 Å². The number of fused-ring (bicyclic) bond motifs is 1. The van der Waals surface area contributed by atoms with Crippen molar-refractivity contribution in [2.75, 3.05) is 5.32 Å². The molecule has 0 radical (unpaired) electrons. The molecule has 3 aromatic carbocycles. The molecular weight excluding hydrogens is 357 g/mol. The summed E-state index contributed by atoms with van der Waals surface area (Å²) in [5.41, 5.74) is 2.20. The minimum Gasteiger partial charge on any atom is -0.456 e. The zero-order valence-electron chi connectivity index (χ0n) is 14.8.